The standard InChI is InChI=1S/C10H19NO2/c1-8(13-9(2,3)4)11-10(5,6)7-12/h7H,1-6H3. The van der Waals surface area contributed by atoms with Crippen LogP contribution in [0.5, 0.6) is 0 Å². The molecule has 3 nitrogen and oxygen atoms in total. The number of aldehydes is 1. The van der Waals surface area contributed by atoms with Gasteiger partial charge in [-0.3, -0.25) is 0 Å². The first-order valence-electron chi connectivity index (χ1n) is 4.38. The van der Waals surface area contributed by atoms with Crippen molar-refractivity contribution in [2.45, 2.75) is 52.7 Å². The number of aliphatic imine (C=N–C) groups is 1. The molecule has 0 heterocycles. The molecule has 0 aromatic rings. The van der Waals surface area contributed by atoms with Crippen LogP contribution in [0.3, 0.4) is 0 Å². The summed E-state index contributed by atoms with van der Waals surface area (Å²) in [5, 5.41) is 0. The van der Waals surface area contributed by atoms with Gasteiger partial charge in [0.05, 0.1) is 0 Å². The van der Waals surface area contributed by atoms with Crippen LogP contribution >= 0.6 is 0 Å². The minimum Gasteiger partial charge on any atom is -0.476 e. The highest BCUT2D eigenvalue weighted by atomic mass is 16.5. The maximum absolute atomic E-state index is 10.6. The van der Waals surface area contributed by atoms with Gasteiger partial charge in [0.2, 0.25) is 0 Å². The van der Waals surface area contributed by atoms with E-state index in [0.717, 1.165) is 6.29 Å². The second-order valence-corrected chi connectivity index (χ2v) is 4.62. The summed E-state index contributed by atoms with van der Waals surface area (Å²) in [7, 11) is 0. The molecule has 0 aliphatic carbocycles. The number of hydrogen-bond donors (Lipinski definition) is 0. The van der Waals surface area contributed by atoms with Crippen LogP contribution < -0.4 is 0 Å². The number of ether oxygens (including phenoxy) is 1. The largest absolute Gasteiger partial charge is 0.476 e. The number of rotatable bonds is 2. The Bertz CT molecular complexity index is 211. The van der Waals surface area contributed by atoms with Gasteiger partial charge in [0.25, 0.3) is 0 Å². The quantitative estimate of drug-likeness (QED) is 0.376. The van der Waals surface area contributed by atoms with Crippen molar-refractivity contribution in [3.05, 3.63) is 0 Å². The van der Waals surface area contributed by atoms with E-state index in [1.807, 2.05) is 20.8 Å². The molecule has 0 spiro atoms. The van der Waals surface area contributed by atoms with E-state index >= 15 is 0 Å². The van der Waals surface area contributed by atoms with Gasteiger partial charge in [0.15, 0.2) is 5.90 Å². The van der Waals surface area contributed by atoms with Gasteiger partial charge in [-0.1, -0.05) is 0 Å². The van der Waals surface area contributed by atoms with Crippen LogP contribution in [-0.4, -0.2) is 23.3 Å². The number of carbonyl (C=O) groups is 1. The van der Waals surface area contributed by atoms with Gasteiger partial charge in [-0.2, -0.15) is 0 Å². The highest BCUT2D eigenvalue weighted by molar-refractivity contribution is 5.77. The molecule has 0 unspecified atom stereocenters. The monoisotopic (exact) mass is 185 g/mol. The molecular formula is C10H19NO2. The lowest BCUT2D eigenvalue weighted by atomic mass is 10.1. The van der Waals surface area contributed by atoms with E-state index in [1.54, 1.807) is 20.8 Å². The van der Waals surface area contributed by atoms with Crippen molar-refractivity contribution < 1.29 is 9.53 Å². The van der Waals surface area contributed by atoms with Crippen molar-refractivity contribution in [3.63, 3.8) is 0 Å². The van der Waals surface area contributed by atoms with Gasteiger partial charge in [-0.05, 0) is 34.6 Å². The van der Waals surface area contributed by atoms with Crippen LogP contribution in [0.4, 0.5) is 0 Å². The number of carbonyl (C=O) groups excluding carboxylic acids is 1. The molecule has 0 aliphatic heterocycles. The van der Waals surface area contributed by atoms with Crippen LogP contribution in [0.1, 0.15) is 41.5 Å². The molecule has 0 radical (unpaired) electrons. The maximum Gasteiger partial charge on any atom is 0.181 e. The molecule has 3 heteroatoms. The fraction of sp³-hybridized carbons (Fsp3) is 0.800. The Morgan fingerprint density at radius 2 is 1.69 bits per heavy atom. The second-order valence-electron chi connectivity index (χ2n) is 4.62. The minimum absolute atomic E-state index is 0.257. The zero-order valence-corrected chi connectivity index (χ0v) is 9.34. The fourth-order valence-electron chi connectivity index (χ4n) is 0.898. The van der Waals surface area contributed by atoms with Gasteiger partial charge in [-0.15, -0.1) is 0 Å². The van der Waals surface area contributed by atoms with Crippen molar-refractivity contribution in [1.29, 1.82) is 0 Å². The minimum atomic E-state index is -0.685. The third-order valence-corrected chi connectivity index (χ3v) is 1.19. The summed E-state index contributed by atoms with van der Waals surface area (Å²) in [6.45, 7) is 11.1. The fourth-order valence-corrected chi connectivity index (χ4v) is 0.898. The summed E-state index contributed by atoms with van der Waals surface area (Å²) in [5.41, 5.74) is -0.943. The molecule has 0 aliphatic rings. The Morgan fingerprint density at radius 1 is 1.23 bits per heavy atom. The molecule has 0 N–H and O–H groups in total. The van der Waals surface area contributed by atoms with Crippen molar-refractivity contribution in [1.82, 2.24) is 0 Å². The Hall–Kier alpha value is -0.860. The van der Waals surface area contributed by atoms with Crippen LogP contribution in [0.25, 0.3) is 0 Å². The van der Waals surface area contributed by atoms with Crippen molar-refractivity contribution >= 4 is 12.2 Å². The Labute approximate surface area is 80.2 Å². The Kier molecular flexibility index (Phi) is 3.64. The molecule has 0 atom stereocenters. The van der Waals surface area contributed by atoms with Crippen LogP contribution in [-0.2, 0) is 9.53 Å². The van der Waals surface area contributed by atoms with E-state index in [1.165, 1.54) is 0 Å². The average molecular weight is 185 g/mol. The summed E-state index contributed by atoms with van der Waals surface area (Å²) in [4.78, 5) is 14.7. The summed E-state index contributed by atoms with van der Waals surface area (Å²) in [6.07, 6.45) is 0.808. The highest BCUT2D eigenvalue weighted by Gasteiger charge is 2.17. The molecule has 0 amide bonds. The van der Waals surface area contributed by atoms with Crippen LogP contribution in [0, 0.1) is 0 Å². The SMILES string of the molecule is CC(=NC(C)(C)C=O)OC(C)(C)C. The van der Waals surface area contributed by atoms with Crippen LogP contribution in [0.2, 0.25) is 0 Å². The summed E-state index contributed by atoms with van der Waals surface area (Å²) < 4.78 is 5.47. The van der Waals surface area contributed by atoms with Gasteiger partial charge >= 0.3 is 0 Å². The van der Waals surface area contributed by atoms with E-state index < -0.39 is 5.54 Å². The van der Waals surface area contributed by atoms with E-state index in [4.69, 9.17) is 4.74 Å². The first-order valence-corrected chi connectivity index (χ1v) is 4.38. The van der Waals surface area contributed by atoms with Crippen molar-refractivity contribution in [2.75, 3.05) is 0 Å². The van der Waals surface area contributed by atoms with E-state index in [-0.39, 0.29) is 5.60 Å². The summed E-state index contributed by atoms with van der Waals surface area (Å²) in [6, 6.07) is 0. The molecular weight excluding hydrogens is 166 g/mol. The van der Waals surface area contributed by atoms with E-state index in [0.29, 0.717) is 5.90 Å². The Balaban J connectivity index is 4.42. The number of nitrogens with zero attached hydrogens (tertiary/aromatic N) is 1. The molecule has 0 aromatic heterocycles. The molecule has 0 fully saturated rings. The van der Waals surface area contributed by atoms with Crippen molar-refractivity contribution in [3.8, 4) is 0 Å². The van der Waals surface area contributed by atoms with Gasteiger partial charge in [-0.25, -0.2) is 4.99 Å². The molecule has 13 heavy (non-hydrogen) atoms. The maximum atomic E-state index is 10.6. The normalized spacial score (nSPS) is 14.2. The Morgan fingerprint density at radius 3 is 2.00 bits per heavy atom. The van der Waals surface area contributed by atoms with Crippen molar-refractivity contribution in [2.24, 2.45) is 4.99 Å². The highest BCUT2D eigenvalue weighted by Crippen LogP contribution is 2.11. The average Bonchev–Trinajstić information content (AvgIpc) is 1.81. The van der Waals surface area contributed by atoms with E-state index in [2.05, 4.69) is 4.99 Å². The molecule has 0 saturated heterocycles. The lowest BCUT2D eigenvalue weighted by molar-refractivity contribution is -0.111. The first-order chi connectivity index (χ1) is 5.66. The molecule has 0 aromatic carbocycles. The molecule has 0 bridgehead atoms. The van der Waals surface area contributed by atoms with Crippen LogP contribution in [0.15, 0.2) is 4.99 Å². The first kappa shape index (κ1) is 12.1. The lowest BCUT2D eigenvalue weighted by Crippen LogP contribution is -2.26. The number of hydrogen-bond acceptors (Lipinski definition) is 3. The summed E-state index contributed by atoms with van der Waals surface area (Å²) in [5.74, 6) is 0.546. The van der Waals surface area contributed by atoms with Gasteiger partial charge in [0.1, 0.15) is 17.4 Å². The predicted octanol–water partition coefficient (Wildman–Crippen LogP) is 2.20. The third kappa shape index (κ3) is 6.31. The predicted molar refractivity (Wildman–Crippen MR) is 54.1 cm³/mol. The van der Waals surface area contributed by atoms with E-state index in [9.17, 15) is 4.79 Å². The lowest BCUT2D eigenvalue weighted by Gasteiger charge is -2.22. The molecule has 0 saturated carbocycles. The van der Waals surface area contributed by atoms with Gasteiger partial charge < -0.3 is 9.53 Å². The molecule has 76 valence electrons. The zero-order valence-electron chi connectivity index (χ0n) is 9.34. The van der Waals surface area contributed by atoms with Gasteiger partial charge in [0, 0.05) is 6.92 Å². The smallest absolute Gasteiger partial charge is 0.181 e. The third-order valence-electron chi connectivity index (χ3n) is 1.19. The topological polar surface area (TPSA) is 38.7 Å². The summed E-state index contributed by atoms with van der Waals surface area (Å²) >= 11 is 0. The second kappa shape index (κ2) is 3.90. The molecule has 0 rings (SSSR count). The zero-order chi connectivity index (χ0) is 10.7.